The molecule has 0 aliphatic heterocycles. The van der Waals surface area contributed by atoms with Crippen LogP contribution >= 0.6 is 0 Å². The van der Waals surface area contributed by atoms with Crippen LogP contribution in [0.1, 0.15) is 36.1 Å². The first-order valence-electron chi connectivity index (χ1n) is 10.5. The van der Waals surface area contributed by atoms with Gasteiger partial charge < -0.3 is 0 Å². The topological polar surface area (TPSA) is 34.1 Å². The van der Waals surface area contributed by atoms with E-state index in [-0.39, 0.29) is 11.6 Å². The van der Waals surface area contributed by atoms with E-state index in [0.29, 0.717) is 11.1 Å². The summed E-state index contributed by atoms with van der Waals surface area (Å²) < 4.78 is 0. The quantitative estimate of drug-likeness (QED) is 0.367. The van der Waals surface area contributed by atoms with E-state index in [2.05, 4.69) is 0 Å². The van der Waals surface area contributed by atoms with Crippen LogP contribution in [0.4, 0.5) is 0 Å². The molecule has 3 aromatic carbocycles. The summed E-state index contributed by atoms with van der Waals surface area (Å²) in [5.41, 5.74) is 5.23. The molecule has 0 radical (unpaired) electrons. The van der Waals surface area contributed by atoms with E-state index in [1.54, 1.807) is 24.3 Å². The standard InChI is InChI=1S/C30H26O2/c1-23(21-27-9-5-3-6-10-27)29(31)19-17-25-13-15-26(16-14-25)18-20-30(32)24(2)22-28-11-7-4-8-12-28/h3-22H,1-2H3. The Morgan fingerprint density at radius 1 is 0.500 bits per heavy atom. The minimum atomic E-state index is -0.0240. The van der Waals surface area contributed by atoms with Crippen LogP contribution in [0.25, 0.3) is 24.3 Å². The van der Waals surface area contributed by atoms with Gasteiger partial charge in [0.2, 0.25) is 0 Å². The molecular formula is C30H26O2. The van der Waals surface area contributed by atoms with Crippen molar-refractivity contribution in [2.75, 3.05) is 0 Å². The first kappa shape index (κ1) is 22.6. The maximum Gasteiger partial charge on any atom is 0.181 e. The van der Waals surface area contributed by atoms with Crippen LogP contribution in [0.5, 0.6) is 0 Å². The van der Waals surface area contributed by atoms with E-state index in [4.69, 9.17) is 0 Å². The predicted molar refractivity (Wildman–Crippen MR) is 135 cm³/mol. The lowest BCUT2D eigenvalue weighted by Gasteiger charge is -1.99. The fraction of sp³-hybridized carbons (Fsp3) is 0.0667. The van der Waals surface area contributed by atoms with E-state index < -0.39 is 0 Å². The third-order valence-electron chi connectivity index (χ3n) is 4.93. The van der Waals surface area contributed by atoms with Crippen LogP contribution in [0.3, 0.4) is 0 Å². The molecule has 0 fully saturated rings. The van der Waals surface area contributed by atoms with E-state index in [0.717, 1.165) is 22.3 Å². The Hall–Kier alpha value is -4.04. The van der Waals surface area contributed by atoms with Gasteiger partial charge in [0.1, 0.15) is 0 Å². The number of carbonyl (C=O) groups excluding carboxylic acids is 2. The molecule has 158 valence electrons. The summed E-state index contributed by atoms with van der Waals surface area (Å²) in [4.78, 5) is 24.7. The van der Waals surface area contributed by atoms with Crippen molar-refractivity contribution in [2.24, 2.45) is 0 Å². The summed E-state index contributed by atoms with van der Waals surface area (Å²) in [6.07, 6.45) is 10.5. The predicted octanol–water partition coefficient (Wildman–Crippen LogP) is 7.06. The normalized spacial score (nSPS) is 12.4. The van der Waals surface area contributed by atoms with Gasteiger partial charge in [0.05, 0.1) is 0 Å². The molecular weight excluding hydrogens is 392 g/mol. The fourth-order valence-corrected chi connectivity index (χ4v) is 3.07. The van der Waals surface area contributed by atoms with Gasteiger partial charge in [-0.15, -0.1) is 0 Å². The summed E-state index contributed by atoms with van der Waals surface area (Å²) in [5, 5.41) is 0. The molecule has 2 nitrogen and oxygen atoms in total. The van der Waals surface area contributed by atoms with Crippen LogP contribution in [-0.2, 0) is 9.59 Å². The number of hydrogen-bond acceptors (Lipinski definition) is 2. The van der Waals surface area contributed by atoms with Gasteiger partial charge in [-0.05, 0) is 71.6 Å². The van der Waals surface area contributed by atoms with Gasteiger partial charge in [0, 0.05) is 0 Å². The molecule has 0 aliphatic carbocycles. The zero-order chi connectivity index (χ0) is 22.8. The van der Waals surface area contributed by atoms with Crippen LogP contribution < -0.4 is 0 Å². The Labute approximate surface area is 189 Å². The second-order valence-electron chi connectivity index (χ2n) is 7.54. The molecule has 32 heavy (non-hydrogen) atoms. The van der Waals surface area contributed by atoms with Gasteiger partial charge in [-0.1, -0.05) is 97.1 Å². The highest BCUT2D eigenvalue weighted by molar-refractivity contribution is 6.09. The summed E-state index contributed by atoms with van der Waals surface area (Å²) in [7, 11) is 0. The molecule has 0 unspecified atom stereocenters. The van der Waals surface area contributed by atoms with Crippen LogP contribution in [0, 0.1) is 0 Å². The largest absolute Gasteiger partial charge is 0.290 e. The molecule has 3 rings (SSSR count). The number of rotatable bonds is 8. The van der Waals surface area contributed by atoms with Gasteiger partial charge >= 0.3 is 0 Å². The van der Waals surface area contributed by atoms with E-state index >= 15 is 0 Å². The van der Waals surface area contributed by atoms with Crippen molar-refractivity contribution < 1.29 is 9.59 Å². The Morgan fingerprint density at radius 3 is 1.19 bits per heavy atom. The summed E-state index contributed by atoms with van der Waals surface area (Å²) in [6.45, 7) is 3.64. The zero-order valence-electron chi connectivity index (χ0n) is 18.4. The molecule has 2 heteroatoms. The van der Waals surface area contributed by atoms with Crippen molar-refractivity contribution in [2.45, 2.75) is 13.8 Å². The van der Waals surface area contributed by atoms with Crippen LogP contribution in [0.15, 0.2) is 108 Å². The Morgan fingerprint density at radius 2 is 0.844 bits per heavy atom. The second-order valence-corrected chi connectivity index (χ2v) is 7.54. The highest BCUT2D eigenvalue weighted by atomic mass is 16.1. The average Bonchev–Trinajstić information content (AvgIpc) is 2.82. The SMILES string of the molecule is CC(=Cc1ccccc1)C(=O)C=Cc1ccc(C=CC(=O)C(C)=Cc2ccccc2)cc1. The summed E-state index contributed by atoms with van der Waals surface area (Å²) in [6, 6.07) is 27.3. The third kappa shape index (κ3) is 7.03. The van der Waals surface area contributed by atoms with E-state index in [9.17, 15) is 9.59 Å². The summed E-state index contributed by atoms with van der Waals surface area (Å²) in [5.74, 6) is -0.0480. The monoisotopic (exact) mass is 418 g/mol. The maximum atomic E-state index is 12.4. The lowest BCUT2D eigenvalue weighted by Crippen LogP contribution is -1.94. The highest BCUT2D eigenvalue weighted by Crippen LogP contribution is 2.12. The van der Waals surface area contributed by atoms with Crippen molar-refractivity contribution in [3.63, 3.8) is 0 Å². The Balaban J connectivity index is 1.60. The van der Waals surface area contributed by atoms with Crippen molar-refractivity contribution in [3.8, 4) is 0 Å². The third-order valence-corrected chi connectivity index (χ3v) is 4.93. The lowest BCUT2D eigenvalue weighted by atomic mass is 10.1. The molecule has 0 heterocycles. The Kier molecular flexibility index (Phi) is 8.05. The molecule has 0 amide bonds. The smallest absolute Gasteiger partial charge is 0.181 e. The van der Waals surface area contributed by atoms with Crippen molar-refractivity contribution in [1.29, 1.82) is 0 Å². The van der Waals surface area contributed by atoms with Gasteiger partial charge in [-0.25, -0.2) is 0 Å². The number of allylic oxidation sites excluding steroid dienone is 4. The van der Waals surface area contributed by atoms with Gasteiger partial charge in [-0.3, -0.25) is 9.59 Å². The van der Waals surface area contributed by atoms with Crippen LogP contribution in [0.2, 0.25) is 0 Å². The molecule has 0 atom stereocenters. The molecule has 0 saturated carbocycles. The zero-order valence-corrected chi connectivity index (χ0v) is 18.4. The lowest BCUT2D eigenvalue weighted by molar-refractivity contribution is -0.111. The molecule has 0 aliphatic rings. The van der Waals surface area contributed by atoms with E-state index in [1.165, 1.54) is 0 Å². The van der Waals surface area contributed by atoms with Gasteiger partial charge in [-0.2, -0.15) is 0 Å². The van der Waals surface area contributed by atoms with E-state index in [1.807, 2.05) is 111 Å². The molecule has 0 aromatic heterocycles. The number of benzene rings is 3. The number of carbonyl (C=O) groups is 2. The highest BCUT2D eigenvalue weighted by Gasteiger charge is 2.01. The minimum absolute atomic E-state index is 0.0240. The van der Waals surface area contributed by atoms with Crippen molar-refractivity contribution in [1.82, 2.24) is 0 Å². The molecule has 0 saturated heterocycles. The maximum absolute atomic E-state index is 12.4. The van der Waals surface area contributed by atoms with Crippen molar-refractivity contribution >= 4 is 35.9 Å². The molecule has 0 bridgehead atoms. The Bertz CT molecular complexity index is 1080. The molecule has 3 aromatic rings. The minimum Gasteiger partial charge on any atom is -0.290 e. The summed E-state index contributed by atoms with van der Waals surface area (Å²) >= 11 is 0. The molecule has 0 spiro atoms. The van der Waals surface area contributed by atoms with Crippen LogP contribution in [-0.4, -0.2) is 11.6 Å². The van der Waals surface area contributed by atoms with Crippen molar-refractivity contribution in [3.05, 3.63) is 130 Å². The second kappa shape index (κ2) is 11.4. The average molecular weight is 419 g/mol. The van der Waals surface area contributed by atoms with Gasteiger partial charge in [0.25, 0.3) is 0 Å². The first-order valence-corrected chi connectivity index (χ1v) is 10.5. The first-order chi connectivity index (χ1) is 15.5. The number of ketones is 2. The fourth-order valence-electron chi connectivity index (χ4n) is 3.07. The number of hydrogen-bond donors (Lipinski definition) is 0. The van der Waals surface area contributed by atoms with Gasteiger partial charge in [0.15, 0.2) is 11.6 Å². The molecule has 0 N–H and O–H groups in total.